The molecule has 2 N–H and O–H groups in total. The summed E-state index contributed by atoms with van der Waals surface area (Å²) < 4.78 is 10.5. The summed E-state index contributed by atoms with van der Waals surface area (Å²) in [6, 6.07) is 13.8. The summed E-state index contributed by atoms with van der Waals surface area (Å²) in [5.41, 5.74) is 1.09. The van der Waals surface area contributed by atoms with Gasteiger partial charge in [-0.2, -0.15) is 0 Å². The average molecular weight is 581 g/mol. The molecule has 1 heterocycles. The van der Waals surface area contributed by atoms with Gasteiger partial charge in [0.05, 0.1) is 40.7 Å². The summed E-state index contributed by atoms with van der Waals surface area (Å²) >= 11 is 24.3. The van der Waals surface area contributed by atoms with E-state index in [9.17, 15) is 14.4 Å². The van der Waals surface area contributed by atoms with Crippen LogP contribution in [0, 0.1) is 0 Å². The lowest BCUT2D eigenvalue weighted by molar-refractivity contribution is -0.120. The monoisotopic (exact) mass is 579 g/mol. The van der Waals surface area contributed by atoms with E-state index in [1.807, 2.05) is 0 Å². The number of imide groups is 1. The van der Waals surface area contributed by atoms with Gasteiger partial charge in [0.2, 0.25) is 0 Å². The molecular weight excluding hydrogens is 564 g/mol. The standard InChI is InChI=1S/C25H17Cl4N3O5/c1-36-14-7-8-18(20(9-14)37-2)31-23(33)12-3-5-13(6-4-12)30-22-21(29)24(34)32(25(22)35)19-11-16(27)15(26)10-17(19)28/h3-11,30H,1-2H3,(H,31,33). The van der Waals surface area contributed by atoms with Gasteiger partial charge < -0.3 is 20.1 Å². The molecule has 4 rings (SSSR count). The topological polar surface area (TPSA) is 97.0 Å². The van der Waals surface area contributed by atoms with Crippen molar-refractivity contribution in [1.82, 2.24) is 0 Å². The Morgan fingerprint density at radius 3 is 2.14 bits per heavy atom. The summed E-state index contributed by atoms with van der Waals surface area (Å²) in [7, 11) is 3.01. The molecule has 190 valence electrons. The van der Waals surface area contributed by atoms with E-state index in [2.05, 4.69) is 10.6 Å². The number of anilines is 3. The second-order valence-electron chi connectivity index (χ2n) is 7.58. The van der Waals surface area contributed by atoms with Crippen LogP contribution in [0.2, 0.25) is 15.1 Å². The quantitative estimate of drug-likeness (QED) is 0.249. The number of methoxy groups -OCH3 is 2. The Hall–Kier alpha value is -3.43. The van der Waals surface area contributed by atoms with Crippen LogP contribution in [0.1, 0.15) is 10.4 Å². The minimum absolute atomic E-state index is 0.0435. The smallest absolute Gasteiger partial charge is 0.283 e. The van der Waals surface area contributed by atoms with E-state index in [1.54, 1.807) is 30.3 Å². The number of nitrogens with one attached hydrogen (secondary N) is 2. The molecule has 0 saturated carbocycles. The van der Waals surface area contributed by atoms with Gasteiger partial charge in [-0.1, -0.05) is 46.4 Å². The number of hydrogen-bond acceptors (Lipinski definition) is 6. The molecule has 12 heteroatoms. The number of benzene rings is 3. The molecule has 0 aliphatic carbocycles. The fraction of sp³-hybridized carbons (Fsp3) is 0.0800. The fourth-order valence-corrected chi connectivity index (χ4v) is 4.30. The van der Waals surface area contributed by atoms with E-state index >= 15 is 0 Å². The molecule has 8 nitrogen and oxygen atoms in total. The SMILES string of the molecule is COc1ccc(NC(=O)c2ccc(NC3=C(Cl)C(=O)N(c4cc(Cl)c(Cl)cc4Cl)C3=O)cc2)c(OC)c1. The van der Waals surface area contributed by atoms with E-state index in [1.165, 1.54) is 38.5 Å². The number of ether oxygens (including phenoxy) is 2. The first-order valence-corrected chi connectivity index (χ1v) is 12.0. The van der Waals surface area contributed by atoms with Gasteiger partial charge in [-0.3, -0.25) is 14.4 Å². The van der Waals surface area contributed by atoms with Gasteiger partial charge >= 0.3 is 0 Å². The van der Waals surface area contributed by atoms with Gasteiger partial charge in [0.15, 0.2) is 0 Å². The van der Waals surface area contributed by atoms with Crippen molar-refractivity contribution in [3.05, 3.63) is 86.0 Å². The van der Waals surface area contributed by atoms with Gasteiger partial charge in [0.1, 0.15) is 22.2 Å². The Morgan fingerprint density at radius 1 is 0.811 bits per heavy atom. The van der Waals surface area contributed by atoms with Crippen molar-refractivity contribution in [2.45, 2.75) is 0 Å². The van der Waals surface area contributed by atoms with Gasteiger partial charge in [0, 0.05) is 17.3 Å². The molecule has 0 saturated heterocycles. The zero-order valence-corrected chi connectivity index (χ0v) is 22.2. The van der Waals surface area contributed by atoms with Crippen molar-refractivity contribution in [3.8, 4) is 11.5 Å². The first-order valence-electron chi connectivity index (χ1n) is 10.5. The molecule has 0 radical (unpaired) electrons. The van der Waals surface area contributed by atoms with Crippen LogP contribution in [0.25, 0.3) is 0 Å². The van der Waals surface area contributed by atoms with Crippen LogP contribution in [0.15, 0.2) is 65.3 Å². The molecule has 3 aromatic carbocycles. The number of hydrogen-bond donors (Lipinski definition) is 2. The minimum atomic E-state index is -0.779. The van der Waals surface area contributed by atoms with Crippen molar-refractivity contribution >= 4 is 81.2 Å². The number of amides is 3. The van der Waals surface area contributed by atoms with Crippen LogP contribution in [0.5, 0.6) is 11.5 Å². The predicted molar refractivity (Wildman–Crippen MR) is 144 cm³/mol. The van der Waals surface area contributed by atoms with Crippen molar-refractivity contribution in [2.75, 3.05) is 29.8 Å². The number of carbonyl (C=O) groups excluding carboxylic acids is 3. The number of nitrogens with zero attached hydrogens (tertiary/aromatic N) is 1. The highest BCUT2D eigenvalue weighted by Crippen LogP contribution is 2.38. The van der Waals surface area contributed by atoms with Crippen LogP contribution in [-0.4, -0.2) is 31.9 Å². The zero-order valence-electron chi connectivity index (χ0n) is 19.2. The fourth-order valence-electron chi connectivity index (χ4n) is 3.46. The maximum absolute atomic E-state index is 13.0. The van der Waals surface area contributed by atoms with E-state index in [0.717, 1.165) is 4.90 Å². The van der Waals surface area contributed by atoms with Gasteiger partial charge in [-0.25, -0.2) is 4.90 Å². The van der Waals surface area contributed by atoms with Gasteiger partial charge in [0.25, 0.3) is 17.7 Å². The Labute approximate surface area is 231 Å². The van der Waals surface area contributed by atoms with Crippen LogP contribution >= 0.6 is 46.4 Å². The lowest BCUT2D eigenvalue weighted by Gasteiger charge is -2.17. The lowest BCUT2D eigenvalue weighted by Crippen LogP contribution is -2.32. The van der Waals surface area contributed by atoms with Crippen molar-refractivity contribution < 1.29 is 23.9 Å². The maximum atomic E-state index is 13.0. The average Bonchev–Trinajstić information content (AvgIpc) is 3.09. The van der Waals surface area contributed by atoms with E-state index in [-0.39, 0.29) is 37.4 Å². The molecule has 0 bridgehead atoms. The van der Waals surface area contributed by atoms with Gasteiger partial charge in [-0.05, 0) is 48.5 Å². The van der Waals surface area contributed by atoms with Gasteiger partial charge in [-0.15, -0.1) is 0 Å². The van der Waals surface area contributed by atoms with Crippen LogP contribution in [0.4, 0.5) is 17.1 Å². The Balaban J connectivity index is 1.50. The third-order valence-electron chi connectivity index (χ3n) is 5.33. The normalized spacial score (nSPS) is 13.2. The largest absolute Gasteiger partial charge is 0.497 e. The van der Waals surface area contributed by atoms with Crippen molar-refractivity contribution in [1.29, 1.82) is 0 Å². The van der Waals surface area contributed by atoms with E-state index < -0.39 is 11.8 Å². The lowest BCUT2D eigenvalue weighted by atomic mass is 10.1. The molecule has 0 aromatic heterocycles. The number of rotatable bonds is 7. The van der Waals surface area contributed by atoms with Crippen molar-refractivity contribution in [2.24, 2.45) is 0 Å². The molecule has 0 spiro atoms. The second-order valence-corrected chi connectivity index (χ2v) is 9.17. The molecule has 0 fully saturated rings. The third-order valence-corrected chi connectivity index (χ3v) is 6.71. The summed E-state index contributed by atoms with van der Waals surface area (Å²) in [5, 5.41) is 5.60. The second kappa shape index (κ2) is 10.9. The number of halogens is 4. The molecule has 0 unspecified atom stereocenters. The minimum Gasteiger partial charge on any atom is -0.497 e. The molecule has 0 atom stereocenters. The maximum Gasteiger partial charge on any atom is 0.283 e. The highest BCUT2D eigenvalue weighted by Gasteiger charge is 2.40. The van der Waals surface area contributed by atoms with Crippen LogP contribution < -0.4 is 25.0 Å². The molecule has 37 heavy (non-hydrogen) atoms. The van der Waals surface area contributed by atoms with E-state index in [4.69, 9.17) is 55.9 Å². The van der Waals surface area contributed by atoms with Crippen molar-refractivity contribution in [3.63, 3.8) is 0 Å². The molecular formula is C25H17Cl4N3O5. The molecule has 1 aliphatic rings. The summed E-state index contributed by atoms with van der Waals surface area (Å²) in [5.74, 6) is -0.885. The first kappa shape index (κ1) is 26.6. The molecule has 3 amide bonds. The predicted octanol–water partition coefficient (Wildman–Crippen LogP) is 6.35. The van der Waals surface area contributed by atoms with E-state index in [0.29, 0.717) is 28.4 Å². The summed E-state index contributed by atoms with van der Waals surface area (Å²) in [6.07, 6.45) is 0. The first-order chi connectivity index (χ1) is 17.6. The number of carbonyl (C=O) groups is 3. The third kappa shape index (κ3) is 5.33. The van der Waals surface area contributed by atoms with Crippen LogP contribution in [0.3, 0.4) is 0 Å². The zero-order chi connectivity index (χ0) is 26.9. The molecule has 3 aromatic rings. The Kier molecular flexibility index (Phi) is 7.85. The highest BCUT2D eigenvalue weighted by atomic mass is 35.5. The highest BCUT2D eigenvalue weighted by molar-refractivity contribution is 6.54. The Bertz CT molecular complexity index is 1460. The van der Waals surface area contributed by atoms with Crippen LogP contribution in [-0.2, 0) is 9.59 Å². The molecule has 1 aliphatic heterocycles. The Morgan fingerprint density at radius 2 is 1.49 bits per heavy atom. The summed E-state index contributed by atoms with van der Waals surface area (Å²) in [6.45, 7) is 0. The summed E-state index contributed by atoms with van der Waals surface area (Å²) in [4.78, 5) is 39.3.